The second kappa shape index (κ2) is 5.86. The van der Waals surface area contributed by atoms with Gasteiger partial charge in [-0.05, 0) is 18.1 Å². The molecule has 0 spiro atoms. The summed E-state index contributed by atoms with van der Waals surface area (Å²) >= 11 is 0. The highest BCUT2D eigenvalue weighted by Crippen LogP contribution is 2.26. The third-order valence-corrected chi connectivity index (χ3v) is 3.24. The largest absolute Gasteiger partial charge is 0.497 e. The van der Waals surface area contributed by atoms with E-state index in [-0.39, 0.29) is 0 Å². The highest BCUT2D eigenvalue weighted by molar-refractivity contribution is 5.42. The van der Waals surface area contributed by atoms with Crippen LogP contribution in [0, 0.1) is 0 Å². The van der Waals surface area contributed by atoms with Crippen LogP contribution in [0.1, 0.15) is 31.0 Å². The molecule has 1 aromatic carbocycles. The molecule has 0 radical (unpaired) electrons. The number of nitrogens with two attached hydrogens (primary N) is 1. The van der Waals surface area contributed by atoms with E-state index in [2.05, 4.69) is 18.9 Å². The third-order valence-electron chi connectivity index (χ3n) is 3.24. The second-order valence-corrected chi connectivity index (χ2v) is 4.98. The van der Waals surface area contributed by atoms with Crippen molar-refractivity contribution in [3.05, 3.63) is 35.5 Å². The summed E-state index contributed by atoms with van der Waals surface area (Å²) < 4.78 is 12.4. The first-order valence-corrected chi connectivity index (χ1v) is 6.59. The van der Waals surface area contributed by atoms with Crippen LogP contribution in [-0.4, -0.2) is 24.0 Å². The van der Waals surface area contributed by atoms with Crippen molar-refractivity contribution in [1.29, 1.82) is 0 Å². The molecule has 0 aliphatic carbocycles. The number of anilines is 1. The lowest BCUT2D eigenvalue weighted by molar-refractivity contribution is 0.389. The fourth-order valence-corrected chi connectivity index (χ4v) is 2.00. The monoisotopic (exact) mass is 275 g/mol. The van der Waals surface area contributed by atoms with Gasteiger partial charge in [0.25, 0.3) is 0 Å². The Hall–Kier alpha value is -2.17. The normalized spacial score (nSPS) is 10.8. The Morgan fingerprint density at radius 2 is 1.95 bits per heavy atom. The van der Waals surface area contributed by atoms with Gasteiger partial charge in [-0.25, -0.2) is 4.68 Å². The Kier molecular flexibility index (Phi) is 4.17. The zero-order chi connectivity index (χ0) is 14.7. The molecule has 1 heterocycles. The third kappa shape index (κ3) is 2.87. The Morgan fingerprint density at radius 1 is 1.20 bits per heavy atom. The van der Waals surface area contributed by atoms with Gasteiger partial charge in [0.05, 0.1) is 26.5 Å². The van der Waals surface area contributed by atoms with Gasteiger partial charge in [0.1, 0.15) is 17.3 Å². The number of nitrogen functional groups attached to an aromatic ring is 1. The number of aromatic nitrogens is 2. The molecule has 2 N–H and O–H groups in total. The van der Waals surface area contributed by atoms with Crippen LogP contribution in [-0.2, 0) is 6.54 Å². The number of benzene rings is 1. The summed E-state index contributed by atoms with van der Waals surface area (Å²) in [6.45, 7) is 4.77. The molecule has 5 heteroatoms. The molecule has 0 saturated heterocycles. The predicted molar refractivity (Wildman–Crippen MR) is 79.4 cm³/mol. The summed E-state index contributed by atoms with van der Waals surface area (Å²) in [5.74, 6) is 2.55. The van der Waals surface area contributed by atoms with E-state index in [1.54, 1.807) is 18.9 Å². The van der Waals surface area contributed by atoms with Crippen molar-refractivity contribution < 1.29 is 9.47 Å². The molecule has 5 nitrogen and oxygen atoms in total. The van der Waals surface area contributed by atoms with E-state index in [1.807, 2.05) is 24.3 Å². The molecule has 0 amide bonds. The fourth-order valence-electron chi connectivity index (χ4n) is 2.00. The van der Waals surface area contributed by atoms with Gasteiger partial charge in [0.15, 0.2) is 0 Å². The molecule has 0 bridgehead atoms. The molecule has 0 aliphatic rings. The minimum Gasteiger partial charge on any atom is -0.497 e. The molecule has 20 heavy (non-hydrogen) atoms. The maximum absolute atomic E-state index is 6.01. The lowest BCUT2D eigenvalue weighted by Gasteiger charge is -2.11. The SMILES string of the molecule is COc1ccc(Cn2nc(C(C)C)cc2N)c(OC)c1. The zero-order valence-electron chi connectivity index (χ0n) is 12.4. The summed E-state index contributed by atoms with van der Waals surface area (Å²) in [6.07, 6.45) is 0. The maximum Gasteiger partial charge on any atom is 0.127 e. The number of methoxy groups -OCH3 is 2. The van der Waals surface area contributed by atoms with Crippen molar-refractivity contribution in [3.63, 3.8) is 0 Å². The average molecular weight is 275 g/mol. The van der Waals surface area contributed by atoms with Crippen molar-refractivity contribution in [2.24, 2.45) is 0 Å². The molecule has 2 aromatic rings. The van der Waals surface area contributed by atoms with Crippen LogP contribution in [0.2, 0.25) is 0 Å². The number of ether oxygens (including phenoxy) is 2. The highest BCUT2D eigenvalue weighted by Gasteiger charge is 2.11. The number of rotatable bonds is 5. The zero-order valence-corrected chi connectivity index (χ0v) is 12.4. The van der Waals surface area contributed by atoms with Gasteiger partial charge in [-0.2, -0.15) is 5.10 Å². The molecular formula is C15H21N3O2. The number of hydrogen-bond acceptors (Lipinski definition) is 4. The highest BCUT2D eigenvalue weighted by atomic mass is 16.5. The van der Waals surface area contributed by atoms with Crippen LogP contribution in [0.4, 0.5) is 5.82 Å². The molecule has 0 fully saturated rings. The number of hydrogen-bond donors (Lipinski definition) is 1. The quantitative estimate of drug-likeness (QED) is 0.911. The molecule has 0 atom stereocenters. The van der Waals surface area contributed by atoms with E-state index in [4.69, 9.17) is 15.2 Å². The topological polar surface area (TPSA) is 62.3 Å². The fraction of sp³-hybridized carbons (Fsp3) is 0.400. The first-order valence-electron chi connectivity index (χ1n) is 6.59. The molecule has 108 valence electrons. The van der Waals surface area contributed by atoms with Crippen LogP contribution in [0.25, 0.3) is 0 Å². The lowest BCUT2D eigenvalue weighted by Crippen LogP contribution is -2.07. The second-order valence-electron chi connectivity index (χ2n) is 4.98. The smallest absolute Gasteiger partial charge is 0.127 e. The first-order chi connectivity index (χ1) is 9.55. The van der Waals surface area contributed by atoms with Crippen molar-refractivity contribution in [2.45, 2.75) is 26.3 Å². The molecule has 2 rings (SSSR count). The molecule has 1 aromatic heterocycles. The van der Waals surface area contributed by atoms with E-state index < -0.39 is 0 Å². The van der Waals surface area contributed by atoms with Crippen molar-refractivity contribution in [1.82, 2.24) is 9.78 Å². The minimum atomic E-state index is 0.358. The molecule has 0 saturated carbocycles. The van der Waals surface area contributed by atoms with E-state index >= 15 is 0 Å². The summed E-state index contributed by atoms with van der Waals surface area (Å²) in [5.41, 5.74) is 8.02. The van der Waals surface area contributed by atoms with Gasteiger partial charge in [0, 0.05) is 17.7 Å². The number of nitrogens with zero attached hydrogens (tertiary/aromatic N) is 2. The molecular weight excluding hydrogens is 254 g/mol. The van der Waals surface area contributed by atoms with E-state index in [0.29, 0.717) is 18.3 Å². The Labute approximate surface area is 119 Å². The van der Waals surface area contributed by atoms with Crippen LogP contribution >= 0.6 is 0 Å². The van der Waals surface area contributed by atoms with Gasteiger partial charge < -0.3 is 15.2 Å². The van der Waals surface area contributed by atoms with Gasteiger partial charge in [-0.3, -0.25) is 0 Å². The van der Waals surface area contributed by atoms with E-state index in [0.717, 1.165) is 22.8 Å². The summed E-state index contributed by atoms with van der Waals surface area (Å²) in [7, 11) is 3.28. The van der Waals surface area contributed by atoms with Crippen LogP contribution in [0.5, 0.6) is 11.5 Å². The summed E-state index contributed by atoms with van der Waals surface area (Å²) in [5, 5.41) is 4.53. The van der Waals surface area contributed by atoms with Gasteiger partial charge in [0.2, 0.25) is 0 Å². The predicted octanol–water partition coefficient (Wildman–Crippen LogP) is 2.65. The Bertz CT molecular complexity index is 591. The maximum atomic E-state index is 6.01. The van der Waals surface area contributed by atoms with Crippen molar-refractivity contribution >= 4 is 5.82 Å². The minimum absolute atomic E-state index is 0.358. The van der Waals surface area contributed by atoms with Crippen LogP contribution in [0.3, 0.4) is 0 Å². The summed E-state index contributed by atoms with van der Waals surface area (Å²) in [6, 6.07) is 7.65. The lowest BCUT2D eigenvalue weighted by atomic mass is 10.1. The van der Waals surface area contributed by atoms with E-state index in [9.17, 15) is 0 Å². The van der Waals surface area contributed by atoms with E-state index in [1.165, 1.54) is 0 Å². The van der Waals surface area contributed by atoms with Crippen LogP contribution < -0.4 is 15.2 Å². The molecule has 0 unspecified atom stereocenters. The Morgan fingerprint density at radius 3 is 2.50 bits per heavy atom. The van der Waals surface area contributed by atoms with Gasteiger partial charge in [-0.15, -0.1) is 0 Å². The molecule has 0 aliphatic heterocycles. The van der Waals surface area contributed by atoms with Crippen molar-refractivity contribution in [3.8, 4) is 11.5 Å². The van der Waals surface area contributed by atoms with Crippen LogP contribution in [0.15, 0.2) is 24.3 Å². The van der Waals surface area contributed by atoms with Crippen molar-refractivity contribution in [2.75, 3.05) is 20.0 Å². The first kappa shape index (κ1) is 14.2. The average Bonchev–Trinajstić information content (AvgIpc) is 2.81. The Balaban J connectivity index is 2.29. The van der Waals surface area contributed by atoms with Gasteiger partial charge >= 0.3 is 0 Å². The standard InChI is InChI=1S/C15H21N3O2/c1-10(2)13-8-15(16)18(17-13)9-11-5-6-12(19-3)7-14(11)20-4/h5-8,10H,9,16H2,1-4H3. The van der Waals surface area contributed by atoms with Gasteiger partial charge in [-0.1, -0.05) is 13.8 Å². The summed E-state index contributed by atoms with van der Waals surface area (Å²) in [4.78, 5) is 0.